The summed E-state index contributed by atoms with van der Waals surface area (Å²) in [6.45, 7) is 3.98. The van der Waals surface area contributed by atoms with Gasteiger partial charge in [-0.2, -0.15) is 5.10 Å². The van der Waals surface area contributed by atoms with Crippen molar-refractivity contribution in [2.75, 3.05) is 32.8 Å². The van der Waals surface area contributed by atoms with Crippen molar-refractivity contribution < 1.29 is 19.1 Å². The lowest BCUT2D eigenvalue weighted by Crippen LogP contribution is -2.50. The molecule has 2 aromatic heterocycles. The van der Waals surface area contributed by atoms with Crippen LogP contribution in [-0.4, -0.2) is 75.3 Å². The number of halogens is 1. The largest absolute Gasteiger partial charge is 0.449 e. The molecule has 10 nitrogen and oxygen atoms in total. The first-order chi connectivity index (χ1) is 16.4. The average Bonchev–Trinajstić information content (AvgIpc) is 3.29. The van der Waals surface area contributed by atoms with Crippen molar-refractivity contribution in [3.63, 3.8) is 0 Å². The number of piperazine rings is 1. The predicted octanol–water partition coefficient (Wildman–Crippen LogP) is 2.54. The molecule has 0 aliphatic carbocycles. The van der Waals surface area contributed by atoms with Gasteiger partial charge in [0.05, 0.1) is 29.0 Å². The topological polar surface area (TPSA) is 124 Å². The highest BCUT2D eigenvalue weighted by atomic mass is 35.5. The quantitative estimate of drug-likeness (QED) is 0.573. The Morgan fingerprint density at radius 3 is 2.56 bits per heavy atom. The van der Waals surface area contributed by atoms with Crippen LogP contribution in [0.25, 0.3) is 22.2 Å². The van der Waals surface area contributed by atoms with E-state index in [1.807, 2.05) is 6.92 Å². The number of hydrogen-bond donors (Lipinski definition) is 1. The molecule has 11 heteroatoms. The smallest absolute Gasteiger partial charge is 0.409 e. The predicted molar refractivity (Wildman–Crippen MR) is 126 cm³/mol. The number of primary amides is 1. The summed E-state index contributed by atoms with van der Waals surface area (Å²) in [5, 5.41) is 5.32. The van der Waals surface area contributed by atoms with Crippen molar-refractivity contribution in [2.45, 2.75) is 19.9 Å². The maximum atomic E-state index is 13.1. The number of benzene rings is 1. The molecule has 0 bridgehead atoms. The van der Waals surface area contributed by atoms with Crippen LogP contribution in [-0.2, 0) is 16.1 Å². The first kappa shape index (κ1) is 23.5. The van der Waals surface area contributed by atoms with Crippen LogP contribution in [0, 0.1) is 0 Å². The van der Waals surface area contributed by atoms with Gasteiger partial charge in [0.25, 0.3) is 5.91 Å². The van der Waals surface area contributed by atoms with Crippen molar-refractivity contribution in [1.29, 1.82) is 0 Å². The van der Waals surface area contributed by atoms with Crippen molar-refractivity contribution >= 4 is 40.4 Å². The van der Waals surface area contributed by atoms with E-state index in [2.05, 4.69) is 10.1 Å². The SMILES string of the molecule is CCCOC(=O)N1CCN(C(=O)c2ccc3c(Cl)cc(-c4cnn(CC(N)=O)c4)nc3c2)CC1. The molecule has 2 N–H and O–H groups in total. The van der Waals surface area contributed by atoms with Crippen molar-refractivity contribution in [3.05, 3.63) is 47.2 Å². The fourth-order valence-electron chi connectivity index (χ4n) is 3.76. The Labute approximate surface area is 201 Å². The molecule has 1 aromatic carbocycles. The molecule has 178 valence electrons. The van der Waals surface area contributed by atoms with Gasteiger partial charge in [-0.3, -0.25) is 14.3 Å². The third-order valence-corrected chi connectivity index (χ3v) is 5.82. The molecule has 0 saturated carbocycles. The van der Waals surface area contributed by atoms with E-state index < -0.39 is 5.91 Å². The van der Waals surface area contributed by atoms with Gasteiger partial charge in [-0.05, 0) is 24.6 Å². The fraction of sp³-hybridized carbons (Fsp3) is 0.348. The van der Waals surface area contributed by atoms with E-state index in [-0.39, 0.29) is 18.5 Å². The normalized spacial score (nSPS) is 13.8. The van der Waals surface area contributed by atoms with Gasteiger partial charge in [0.1, 0.15) is 6.54 Å². The highest BCUT2D eigenvalue weighted by Crippen LogP contribution is 2.29. The second-order valence-corrected chi connectivity index (χ2v) is 8.41. The van der Waals surface area contributed by atoms with Gasteiger partial charge < -0.3 is 20.3 Å². The second kappa shape index (κ2) is 10.1. The third-order valence-electron chi connectivity index (χ3n) is 5.51. The number of ether oxygens (including phenoxy) is 1. The number of carbonyl (C=O) groups excluding carboxylic acids is 3. The van der Waals surface area contributed by atoms with E-state index in [0.717, 1.165) is 11.8 Å². The third kappa shape index (κ3) is 5.12. The van der Waals surface area contributed by atoms with Gasteiger partial charge in [-0.15, -0.1) is 0 Å². The molecule has 1 aliphatic rings. The summed E-state index contributed by atoms with van der Waals surface area (Å²) in [7, 11) is 0. The van der Waals surface area contributed by atoms with Gasteiger partial charge in [0.2, 0.25) is 5.91 Å². The van der Waals surface area contributed by atoms with Gasteiger partial charge >= 0.3 is 6.09 Å². The Bertz CT molecular complexity index is 1240. The van der Waals surface area contributed by atoms with Crippen LogP contribution in [0.5, 0.6) is 0 Å². The van der Waals surface area contributed by atoms with Crippen LogP contribution in [0.2, 0.25) is 5.02 Å². The summed E-state index contributed by atoms with van der Waals surface area (Å²) in [5.41, 5.74) is 7.51. The van der Waals surface area contributed by atoms with Gasteiger partial charge in [0, 0.05) is 48.9 Å². The highest BCUT2D eigenvalue weighted by molar-refractivity contribution is 6.35. The Morgan fingerprint density at radius 1 is 1.12 bits per heavy atom. The van der Waals surface area contributed by atoms with Crippen LogP contribution in [0.4, 0.5) is 4.79 Å². The molecule has 1 aliphatic heterocycles. The minimum atomic E-state index is -0.499. The van der Waals surface area contributed by atoms with Gasteiger partial charge in [-0.1, -0.05) is 24.6 Å². The van der Waals surface area contributed by atoms with Gasteiger partial charge in [-0.25, -0.2) is 9.78 Å². The number of rotatable bonds is 6. The molecule has 0 unspecified atom stereocenters. The number of nitrogens with zero attached hydrogens (tertiary/aromatic N) is 5. The first-order valence-corrected chi connectivity index (χ1v) is 11.4. The van der Waals surface area contributed by atoms with E-state index in [1.165, 1.54) is 4.68 Å². The molecule has 34 heavy (non-hydrogen) atoms. The molecule has 3 aromatic rings. The summed E-state index contributed by atoms with van der Waals surface area (Å²) in [4.78, 5) is 44.3. The lowest BCUT2D eigenvalue weighted by Gasteiger charge is -2.34. The number of hydrogen-bond acceptors (Lipinski definition) is 6. The molecule has 1 saturated heterocycles. The van der Waals surface area contributed by atoms with Crippen LogP contribution in [0.3, 0.4) is 0 Å². The van der Waals surface area contributed by atoms with E-state index in [9.17, 15) is 14.4 Å². The summed E-state index contributed by atoms with van der Waals surface area (Å²) in [5.74, 6) is -0.637. The zero-order valence-electron chi connectivity index (χ0n) is 18.7. The molecule has 0 atom stereocenters. The van der Waals surface area contributed by atoms with Crippen molar-refractivity contribution in [3.8, 4) is 11.3 Å². The minimum Gasteiger partial charge on any atom is -0.449 e. The molecule has 3 amide bonds. The number of amides is 3. The fourth-order valence-corrected chi connectivity index (χ4v) is 4.03. The van der Waals surface area contributed by atoms with E-state index in [4.69, 9.17) is 22.1 Å². The van der Waals surface area contributed by atoms with E-state index >= 15 is 0 Å². The molecule has 0 spiro atoms. The van der Waals surface area contributed by atoms with Crippen molar-refractivity contribution in [1.82, 2.24) is 24.6 Å². The van der Waals surface area contributed by atoms with Crippen LogP contribution < -0.4 is 5.73 Å². The summed E-state index contributed by atoms with van der Waals surface area (Å²) < 4.78 is 6.60. The molecule has 1 fully saturated rings. The average molecular weight is 485 g/mol. The Hall–Kier alpha value is -3.66. The summed E-state index contributed by atoms with van der Waals surface area (Å²) in [6.07, 6.45) is 3.66. The lowest BCUT2D eigenvalue weighted by molar-refractivity contribution is -0.118. The molecule has 4 rings (SSSR count). The van der Waals surface area contributed by atoms with Crippen LogP contribution in [0.1, 0.15) is 23.7 Å². The highest BCUT2D eigenvalue weighted by Gasteiger charge is 2.26. The maximum Gasteiger partial charge on any atom is 0.409 e. The Morgan fingerprint density at radius 2 is 1.85 bits per heavy atom. The number of fused-ring (bicyclic) bond motifs is 1. The zero-order valence-corrected chi connectivity index (χ0v) is 19.5. The summed E-state index contributed by atoms with van der Waals surface area (Å²) in [6, 6.07) is 6.93. The zero-order chi connectivity index (χ0) is 24.2. The number of carbonyl (C=O) groups is 3. The number of nitrogens with two attached hydrogens (primary N) is 1. The van der Waals surface area contributed by atoms with Crippen molar-refractivity contribution in [2.24, 2.45) is 5.73 Å². The van der Waals surface area contributed by atoms with Crippen LogP contribution >= 0.6 is 11.6 Å². The van der Waals surface area contributed by atoms with E-state index in [1.54, 1.807) is 46.5 Å². The number of pyridine rings is 1. The van der Waals surface area contributed by atoms with E-state index in [0.29, 0.717) is 60.1 Å². The minimum absolute atomic E-state index is 0.0381. The molecule has 0 radical (unpaired) electrons. The molecular weight excluding hydrogens is 460 g/mol. The Kier molecular flexibility index (Phi) is 6.97. The number of aromatic nitrogens is 3. The molecule has 3 heterocycles. The standard InChI is InChI=1S/C23H25ClN6O4/c1-2-9-34-23(33)29-7-5-28(6-8-29)22(32)15-3-4-17-18(24)11-19(27-20(17)10-15)16-12-26-30(13-16)14-21(25)31/h3-4,10-13H,2,5-9,14H2,1H3,(H2,25,31). The van der Waals surface area contributed by atoms with Gasteiger partial charge in [0.15, 0.2) is 0 Å². The maximum absolute atomic E-state index is 13.1. The first-order valence-electron chi connectivity index (χ1n) is 11.0. The lowest BCUT2D eigenvalue weighted by atomic mass is 10.1. The second-order valence-electron chi connectivity index (χ2n) is 8.01. The molecular formula is C23H25ClN6O4. The summed E-state index contributed by atoms with van der Waals surface area (Å²) >= 11 is 6.48. The van der Waals surface area contributed by atoms with Crippen LogP contribution in [0.15, 0.2) is 36.7 Å². The monoisotopic (exact) mass is 484 g/mol. The Balaban J connectivity index is 1.51.